The Morgan fingerprint density at radius 2 is 2.07 bits per heavy atom. The van der Waals surface area contributed by atoms with Crippen LogP contribution in [0.4, 0.5) is 23.1 Å². The van der Waals surface area contributed by atoms with Crippen LogP contribution in [0.25, 0.3) is 0 Å². The molecule has 0 amide bonds. The summed E-state index contributed by atoms with van der Waals surface area (Å²) in [5.41, 5.74) is 8.50. The van der Waals surface area contributed by atoms with E-state index in [4.69, 9.17) is 10.7 Å². The van der Waals surface area contributed by atoms with E-state index in [9.17, 15) is 5.26 Å². The maximum absolute atomic E-state index is 9.18. The second-order valence-electron chi connectivity index (χ2n) is 6.90. The number of benzene rings is 1. The van der Waals surface area contributed by atoms with Crippen LogP contribution in [0.2, 0.25) is 0 Å². The van der Waals surface area contributed by atoms with Gasteiger partial charge in [-0.2, -0.15) is 10.2 Å². The van der Waals surface area contributed by atoms with Gasteiger partial charge in [0.05, 0.1) is 5.56 Å². The summed E-state index contributed by atoms with van der Waals surface area (Å²) in [6.07, 6.45) is 4.26. The number of piperidine rings is 1. The van der Waals surface area contributed by atoms with Gasteiger partial charge in [-0.15, -0.1) is 24.8 Å². The monoisotopic (exact) mass is 437 g/mol. The minimum absolute atomic E-state index is 0. The van der Waals surface area contributed by atoms with Crippen molar-refractivity contribution < 1.29 is 0 Å². The van der Waals surface area contributed by atoms with Crippen molar-refractivity contribution in [2.24, 2.45) is 0 Å². The van der Waals surface area contributed by atoms with Crippen molar-refractivity contribution in [2.75, 3.05) is 36.1 Å². The fourth-order valence-corrected chi connectivity index (χ4v) is 3.37. The van der Waals surface area contributed by atoms with E-state index in [1.807, 2.05) is 13.1 Å². The van der Waals surface area contributed by atoms with E-state index >= 15 is 0 Å². The van der Waals surface area contributed by atoms with Crippen LogP contribution in [-0.2, 0) is 6.42 Å². The second kappa shape index (κ2) is 11.7. The number of nitrogens with one attached hydrogen (secondary N) is 2. The van der Waals surface area contributed by atoms with Crippen molar-refractivity contribution >= 4 is 48.0 Å². The number of nitrogens with two attached hydrogens (primary N) is 1. The molecule has 0 unspecified atom stereocenters. The Labute approximate surface area is 184 Å². The second-order valence-corrected chi connectivity index (χ2v) is 6.90. The number of likely N-dealkylation sites (N-methyl/N-ethyl adjacent to an activating group) is 1. The zero-order valence-electron chi connectivity index (χ0n) is 16.8. The lowest BCUT2D eigenvalue weighted by molar-refractivity contribution is 0.447. The highest BCUT2D eigenvalue weighted by Crippen LogP contribution is 2.24. The summed E-state index contributed by atoms with van der Waals surface area (Å²) < 4.78 is 0. The van der Waals surface area contributed by atoms with E-state index in [1.54, 1.807) is 12.1 Å². The molecule has 1 aromatic heterocycles. The van der Waals surface area contributed by atoms with Crippen LogP contribution in [0.1, 0.15) is 37.4 Å². The highest BCUT2D eigenvalue weighted by molar-refractivity contribution is 5.85. The lowest BCUT2D eigenvalue weighted by Gasteiger charge is -2.33. The van der Waals surface area contributed by atoms with Gasteiger partial charge in [0.2, 0.25) is 5.95 Å². The minimum Gasteiger partial charge on any atom is -0.398 e. The van der Waals surface area contributed by atoms with E-state index in [1.165, 1.54) is 6.42 Å². The van der Waals surface area contributed by atoms with Gasteiger partial charge >= 0.3 is 0 Å². The normalized spacial score (nSPS) is 15.6. The maximum atomic E-state index is 9.18. The Bertz CT molecular complexity index is 838. The molecule has 0 bridgehead atoms. The molecule has 1 saturated heterocycles. The zero-order valence-corrected chi connectivity index (χ0v) is 18.4. The van der Waals surface area contributed by atoms with Gasteiger partial charge in [-0.1, -0.05) is 13.3 Å². The fourth-order valence-electron chi connectivity index (χ4n) is 3.37. The van der Waals surface area contributed by atoms with Crippen LogP contribution in [0.3, 0.4) is 0 Å². The predicted molar refractivity (Wildman–Crippen MR) is 124 cm³/mol. The number of hydrogen-bond acceptors (Lipinski definition) is 7. The smallest absolute Gasteiger partial charge is 0.229 e. The molecule has 1 atom stereocenters. The number of halogens is 2. The summed E-state index contributed by atoms with van der Waals surface area (Å²) in [7, 11) is 2.01. The molecule has 2 heterocycles. The van der Waals surface area contributed by atoms with Gasteiger partial charge in [-0.25, -0.2) is 4.98 Å². The average molecular weight is 438 g/mol. The number of hydrogen-bond donors (Lipinski definition) is 3. The molecular weight excluding hydrogens is 409 g/mol. The number of rotatable bonds is 6. The van der Waals surface area contributed by atoms with Gasteiger partial charge < -0.3 is 21.3 Å². The lowest BCUT2D eigenvalue weighted by atomic mass is 10.1. The fraction of sp³-hybridized carbons (Fsp3) is 0.450. The number of nitriles is 1. The Morgan fingerprint density at radius 1 is 1.28 bits per heavy atom. The molecule has 1 aliphatic rings. The topological polar surface area (TPSA) is 103 Å². The number of nitrogens with zero attached hydrogens (tertiary/aromatic N) is 4. The highest BCUT2D eigenvalue weighted by Gasteiger charge is 2.20. The molecule has 4 N–H and O–H groups in total. The molecule has 158 valence electrons. The highest BCUT2D eigenvalue weighted by atomic mass is 35.5. The number of anilines is 4. The maximum Gasteiger partial charge on any atom is 0.229 e. The van der Waals surface area contributed by atoms with Crippen molar-refractivity contribution in [2.45, 2.75) is 38.6 Å². The SMILES string of the molecule is CCCc1cc(N2CCC[C@@H](NC)C2)nc(Nc2ccc(N)c(C#N)c2)n1.Cl.Cl. The molecule has 1 aromatic carbocycles. The first-order chi connectivity index (χ1) is 13.1. The van der Waals surface area contributed by atoms with Gasteiger partial charge in [0.15, 0.2) is 0 Å². The van der Waals surface area contributed by atoms with E-state index < -0.39 is 0 Å². The molecule has 0 saturated carbocycles. The van der Waals surface area contributed by atoms with E-state index in [-0.39, 0.29) is 24.8 Å². The van der Waals surface area contributed by atoms with Gasteiger partial charge in [-0.05, 0) is 44.5 Å². The Kier molecular flexibility index (Phi) is 9.96. The summed E-state index contributed by atoms with van der Waals surface area (Å²) in [4.78, 5) is 11.7. The largest absolute Gasteiger partial charge is 0.398 e. The minimum atomic E-state index is 0. The summed E-state index contributed by atoms with van der Waals surface area (Å²) in [5, 5.41) is 15.8. The first-order valence-electron chi connectivity index (χ1n) is 9.49. The van der Waals surface area contributed by atoms with E-state index in [0.717, 1.165) is 49.6 Å². The van der Waals surface area contributed by atoms with Crippen LogP contribution >= 0.6 is 24.8 Å². The van der Waals surface area contributed by atoms with Gasteiger partial charge in [-0.3, -0.25) is 0 Å². The van der Waals surface area contributed by atoms with E-state index in [2.05, 4.69) is 39.6 Å². The average Bonchev–Trinajstić information content (AvgIpc) is 2.69. The first-order valence-corrected chi connectivity index (χ1v) is 9.49. The third-order valence-electron chi connectivity index (χ3n) is 4.86. The van der Waals surface area contributed by atoms with Crippen LogP contribution in [-0.4, -0.2) is 36.1 Å². The first kappa shape index (κ1) is 24.8. The Hall–Kier alpha value is -2.27. The third kappa shape index (κ3) is 6.36. The van der Waals surface area contributed by atoms with Crippen molar-refractivity contribution in [3.8, 4) is 6.07 Å². The zero-order chi connectivity index (χ0) is 19.2. The van der Waals surface area contributed by atoms with Crippen LogP contribution in [0, 0.1) is 11.3 Å². The molecule has 29 heavy (non-hydrogen) atoms. The molecule has 3 rings (SSSR count). The molecule has 0 radical (unpaired) electrons. The standard InChI is InChI=1S/C20H27N7.2ClH/c1-3-5-15-11-19(27-9-4-6-17(13-27)23-2)26-20(24-15)25-16-7-8-18(22)14(10-16)12-21;;/h7-8,10-11,17,23H,3-6,9,13,22H2,1-2H3,(H,24,25,26);2*1H/t17-;;/m1../s1. The van der Waals surface area contributed by atoms with E-state index in [0.29, 0.717) is 23.2 Å². The van der Waals surface area contributed by atoms with Crippen molar-refractivity contribution in [1.82, 2.24) is 15.3 Å². The van der Waals surface area contributed by atoms with Gasteiger partial charge in [0, 0.05) is 42.3 Å². The van der Waals surface area contributed by atoms with Crippen LogP contribution < -0.4 is 21.3 Å². The number of nitrogen functional groups attached to an aromatic ring is 1. The quantitative estimate of drug-likeness (QED) is 0.592. The number of aryl methyl sites for hydroxylation is 1. The number of aromatic nitrogens is 2. The molecule has 0 aliphatic carbocycles. The summed E-state index contributed by atoms with van der Waals surface area (Å²) in [5.74, 6) is 1.50. The van der Waals surface area contributed by atoms with Crippen molar-refractivity contribution in [1.29, 1.82) is 5.26 Å². The Balaban J connectivity index is 0.00000210. The predicted octanol–water partition coefficient (Wildman–Crippen LogP) is 3.66. The van der Waals surface area contributed by atoms with Crippen LogP contribution in [0.5, 0.6) is 0 Å². The molecular formula is C20H29Cl2N7. The lowest BCUT2D eigenvalue weighted by Crippen LogP contribution is -2.44. The molecule has 1 fully saturated rings. The molecule has 9 heteroatoms. The van der Waals surface area contributed by atoms with Gasteiger partial charge in [0.25, 0.3) is 0 Å². The van der Waals surface area contributed by atoms with Crippen molar-refractivity contribution in [3.05, 3.63) is 35.5 Å². The molecule has 7 nitrogen and oxygen atoms in total. The summed E-state index contributed by atoms with van der Waals surface area (Å²) in [6.45, 7) is 4.09. The third-order valence-corrected chi connectivity index (χ3v) is 4.86. The van der Waals surface area contributed by atoms with Gasteiger partial charge in [0.1, 0.15) is 11.9 Å². The molecule has 1 aliphatic heterocycles. The van der Waals surface area contributed by atoms with Crippen molar-refractivity contribution in [3.63, 3.8) is 0 Å². The summed E-state index contributed by atoms with van der Waals surface area (Å²) >= 11 is 0. The van der Waals surface area contributed by atoms with Crippen LogP contribution in [0.15, 0.2) is 24.3 Å². The molecule has 0 spiro atoms. The molecule has 2 aromatic rings. The summed E-state index contributed by atoms with van der Waals surface area (Å²) in [6, 6.07) is 9.97. The Morgan fingerprint density at radius 3 is 2.76 bits per heavy atom.